The van der Waals surface area contributed by atoms with Gasteiger partial charge in [0.05, 0.1) is 12.0 Å². The van der Waals surface area contributed by atoms with E-state index < -0.39 is 34.2 Å². The van der Waals surface area contributed by atoms with Crippen LogP contribution in [0.15, 0.2) is 36.5 Å². The molecule has 4 heterocycles. The number of pyridine rings is 1. The van der Waals surface area contributed by atoms with Crippen LogP contribution in [0, 0.1) is 5.41 Å². The van der Waals surface area contributed by atoms with Gasteiger partial charge in [-0.1, -0.05) is 19.1 Å². The molecular weight excluding hydrogens is 588 g/mol. The largest absolute Gasteiger partial charge is 0.444 e. The summed E-state index contributed by atoms with van der Waals surface area (Å²) >= 11 is 0. The number of anilines is 2. The lowest BCUT2D eigenvalue weighted by Crippen LogP contribution is -2.65. The topological polar surface area (TPSA) is 153 Å². The van der Waals surface area contributed by atoms with Gasteiger partial charge in [0.25, 0.3) is 0 Å². The third-order valence-corrected chi connectivity index (χ3v) is 9.84. The molecular formula is C34H44N6O6. The number of hydrogen-bond acceptors (Lipinski definition) is 8. The molecule has 1 spiro atoms. The van der Waals surface area contributed by atoms with Crippen molar-refractivity contribution in [1.29, 1.82) is 0 Å². The Labute approximate surface area is 269 Å². The molecule has 0 saturated carbocycles. The first-order valence-electron chi connectivity index (χ1n) is 16.1. The van der Waals surface area contributed by atoms with Crippen LogP contribution < -0.4 is 16.0 Å². The molecule has 6 rings (SSSR count). The standard InChI is InChI=1S/C34H44N6O6/c1-31(2,3)46-30(44)39-16-6-10-34(45,21-39)40(29(43)32(4)11-14-35-15-12-32)20-26(41)37-24-9-8-22-18-33(19-23(22)17-24)25-7-5-13-36-27(25)38-28(33)42/h5,7-9,13,17,35,45H,6,10-12,14-16,18-21H2,1-4H3,(H,37,41)(H,36,38,42)/t33-,34+/m1/s1. The van der Waals surface area contributed by atoms with Crippen LogP contribution in [-0.2, 0) is 37.4 Å². The molecule has 4 aliphatic rings. The smallest absolute Gasteiger partial charge is 0.410 e. The molecule has 4 N–H and O–H groups in total. The normalized spacial score (nSPS) is 25.0. The Morgan fingerprint density at radius 1 is 1.11 bits per heavy atom. The van der Waals surface area contributed by atoms with Gasteiger partial charge in [0, 0.05) is 29.4 Å². The molecule has 3 aliphatic heterocycles. The summed E-state index contributed by atoms with van der Waals surface area (Å²) < 4.78 is 5.56. The fourth-order valence-electron chi connectivity index (χ4n) is 7.33. The van der Waals surface area contributed by atoms with E-state index in [9.17, 15) is 24.3 Å². The van der Waals surface area contributed by atoms with Gasteiger partial charge >= 0.3 is 6.09 Å². The molecule has 246 valence electrons. The van der Waals surface area contributed by atoms with Crippen LogP contribution in [-0.4, -0.2) is 87.8 Å². The van der Waals surface area contributed by atoms with E-state index in [-0.39, 0.29) is 31.3 Å². The van der Waals surface area contributed by atoms with Gasteiger partial charge < -0.3 is 35.6 Å². The number of aliphatic hydroxyl groups is 1. The molecule has 2 fully saturated rings. The van der Waals surface area contributed by atoms with Crippen LogP contribution in [0.25, 0.3) is 0 Å². The zero-order valence-corrected chi connectivity index (χ0v) is 27.1. The summed E-state index contributed by atoms with van der Waals surface area (Å²) in [6.45, 7) is 8.34. The fraction of sp³-hybridized carbons (Fsp3) is 0.559. The molecule has 0 unspecified atom stereocenters. The monoisotopic (exact) mass is 632 g/mol. The number of piperidine rings is 2. The molecule has 2 aromatic rings. The van der Waals surface area contributed by atoms with E-state index in [1.54, 1.807) is 33.0 Å². The van der Waals surface area contributed by atoms with E-state index in [0.717, 1.165) is 16.7 Å². The zero-order chi connectivity index (χ0) is 32.9. The highest BCUT2D eigenvalue weighted by atomic mass is 16.6. The van der Waals surface area contributed by atoms with Crippen molar-refractivity contribution in [2.24, 2.45) is 5.41 Å². The van der Waals surface area contributed by atoms with Crippen molar-refractivity contribution >= 4 is 35.3 Å². The van der Waals surface area contributed by atoms with Gasteiger partial charge in [0.1, 0.15) is 18.0 Å². The first kappa shape index (κ1) is 31.9. The van der Waals surface area contributed by atoms with Crippen molar-refractivity contribution in [2.75, 3.05) is 43.4 Å². The summed E-state index contributed by atoms with van der Waals surface area (Å²) in [5.41, 5.74) is -0.573. The maximum Gasteiger partial charge on any atom is 0.410 e. The van der Waals surface area contributed by atoms with Crippen molar-refractivity contribution in [1.82, 2.24) is 20.1 Å². The number of likely N-dealkylation sites (tertiary alicyclic amines) is 1. The van der Waals surface area contributed by atoms with Crippen molar-refractivity contribution < 1.29 is 29.0 Å². The van der Waals surface area contributed by atoms with Crippen LogP contribution in [0.1, 0.15) is 70.1 Å². The Morgan fingerprint density at radius 3 is 2.59 bits per heavy atom. The predicted molar refractivity (Wildman–Crippen MR) is 171 cm³/mol. The van der Waals surface area contributed by atoms with E-state index in [1.807, 2.05) is 31.2 Å². The molecule has 1 aliphatic carbocycles. The van der Waals surface area contributed by atoms with E-state index in [0.29, 0.717) is 63.2 Å². The minimum absolute atomic E-state index is 0.0790. The average molecular weight is 633 g/mol. The minimum atomic E-state index is -1.75. The summed E-state index contributed by atoms with van der Waals surface area (Å²) in [6.07, 6.45) is 3.90. The molecule has 1 aromatic heterocycles. The van der Waals surface area contributed by atoms with Gasteiger partial charge in [-0.25, -0.2) is 9.78 Å². The van der Waals surface area contributed by atoms with Crippen LogP contribution in [0.5, 0.6) is 0 Å². The summed E-state index contributed by atoms with van der Waals surface area (Å²) in [5.74, 6) is -0.265. The molecule has 2 atom stereocenters. The molecule has 2 saturated heterocycles. The van der Waals surface area contributed by atoms with E-state index >= 15 is 0 Å². The zero-order valence-electron chi connectivity index (χ0n) is 27.1. The number of rotatable bonds is 5. The van der Waals surface area contributed by atoms with Gasteiger partial charge in [-0.2, -0.15) is 0 Å². The first-order chi connectivity index (χ1) is 21.7. The highest BCUT2D eigenvalue weighted by Crippen LogP contribution is 2.47. The number of nitrogens with one attached hydrogen (secondary N) is 3. The van der Waals surface area contributed by atoms with Crippen LogP contribution in [0.4, 0.5) is 16.3 Å². The number of ether oxygens (including phenoxy) is 1. The molecule has 0 radical (unpaired) electrons. The first-order valence-corrected chi connectivity index (χ1v) is 16.1. The van der Waals surface area contributed by atoms with Crippen LogP contribution >= 0.6 is 0 Å². The quantitative estimate of drug-likeness (QED) is 0.367. The third kappa shape index (κ3) is 5.95. The van der Waals surface area contributed by atoms with Gasteiger partial charge in [-0.15, -0.1) is 0 Å². The molecule has 12 nitrogen and oxygen atoms in total. The molecule has 1 aromatic carbocycles. The number of fused-ring (bicyclic) bond motifs is 3. The average Bonchev–Trinajstić information content (AvgIpc) is 3.51. The number of amides is 4. The number of benzene rings is 1. The second kappa shape index (κ2) is 11.6. The van der Waals surface area contributed by atoms with E-state index in [4.69, 9.17) is 4.74 Å². The summed E-state index contributed by atoms with van der Waals surface area (Å²) in [6, 6.07) is 9.37. The molecule has 0 bridgehead atoms. The highest BCUT2D eigenvalue weighted by molar-refractivity contribution is 6.06. The molecule has 46 heavy (non-hydrogen) atoms. The lowest BCUT2D eigenvalue weighted by molar-refractivity contribution is -0.183. The van der Waals surface area contributed by atoms with Crippen molar-refractivity contribution in [3.8, 4) is 0 Å². The Kier molecular flexibility index (Phi) is 8.08. The number of β-amino-alcohol motifs (C(OH)–C–C–N with tert-alkyl or cyclic N) is 1. The van der Waals surface area contributed by atoms with Gasteiger partial charge in [-0.05, 0) is 102 Å². The maximum absolute atomic E-state index is 14.2. The second-order valence-corrected chi connectivity index (χ2v) is 14.5. The summed E-state index contributed by atoms with van der Waals surface area (Å²) in [5, 5.41) is 21.2. The highest BCUT2D eigenvalue weighted by Gasteiger charge is 2.52. The van der Waals surface area contributed by atoms with Gasteiger partial charge in [-0.3, -0.25) is 14.4 Å². The lowest BCUT2D eigenvalue weighted by Gasteiger charge is -2.48. The maximum atomic E-state index is 14.2. The summed E-state index contributed by atoms with van der Waals surface area (Å²) in [7, 11) is 0. The van der Waals surface area contributed by atoms with Gasteiger partial charge in [0.15, 0.2) is 5.72 Å². The van der Waals surface area contributed by atoms with Crippen molar-refractivity contribution in [2.45, 2.75) is 83.0 Å². The molecule has 4 amide bonds. The summed E-state index contributed by atoms with van der Waals surface area (Å²) in [4.78, 5) is 61.0. The van der Waals surface area contributed by atoms with Crippen LogP contribution in [0.3, 0.4) is 0 Å². The van der Waals surface area contributed by atoms with E-state index in [2.05, 4.69) is 20.9 Å². The van der Waals surface area contributed by atoms with Crippen LogP contribution in [0.2, 0.25) is 0 Å². The fourth-order valence-corrected chi connectivity index (χ4v) is 7.33. The number of carbonyl (C=O) groups is 4. The van der Waals surface area contributed by atoms with Crippen molar-refractivity contribution in [3.63, 3.8) is 0 Å². The number of nitrogens with zero attached hydrogens (tertiary/aromatic N) is 3. The minimum Gasteiger partial charge on any atom is -0.444 e. The number of carbonyl (C=O) groups excluding carboxylic acids is 4. The van der Waals surface area contributed by atoms with Gasteiger partial charge in [0.2, 0.25) is 17.7 Å². The predicted octanol–water partition coefficient (Wildman–Crippen LogP) is 2.95. The van der Waals surface area contributed by atoms with E-state index in [1.165, 1.54) is 9.80 Å². The molecule has 12 heteroatoms. The second-order valence-electron chi connectivity index (χ2n) is 14.5. The number of hydrogen-bond donors (Lipinski definition) is 4. The number of aromatic nitrogens is 1. The lowest BCUT2D eigenvalue weighted by atomic mass is 9.78. The Morgan fingerprint density at radius 2 is 1.85 bits per heavy atom. The Balaban J connectivity index is 1.21. The Hall–Kier alpha value is -4.03. The SMILES string of the molecule is CC(C)(C)OC(=O)N1CCC[C@@](O)(N(CC(=O)Nc2ccc3c(c2)C[C@@]2(C3)C(=O)Nc3ncccc32)C(=O)C2(C)CCNCC2)C1. The van der Waals surface area contributed by atoms with Crippen molar-refractivity contribution in [3.05, 3.63) is 53.2 Å². The third-order valence-electron chi connectivity index (χ3n) is 9.84. The Bertz CT molecular complexity index is 1570.